The number of pyridine rings is 1. The van der Waals surface area contributed by atoms with E-state index in [9.17, 15) is 4.39 Å². The first-order chi connectivity index (χ1) is 8.87. The van der Waals surface area contributed by atoms with E-state index in [1.165, 1.54) is 12.3 Å². The van der Waals surface area contributed by atoms with E-state index >= 15 is 0 Å². The van der Waals surface area contributed by atoms with Gasteiger partial charge in [0, 0.05) is 26.9 Å². The maximum absolute atomic E-state index is 13.3. The van der Waals surface area contributed by atoms with Crippen LogP contribution in [0.25, 0.3) is 11.0 Å². The van der Waals surface area contributed by atoms with Crippen molar-refractivity contribution in [1.82, 2.24) is 9.55 Å². The van der Waals surface area contributed by atoms with Crippen LogP contribution in [0.5, 0.6) is 0 Å². The molecule has 0 amide bonds. The second-order valence-electron chi connectivity index (χ2n) is 5.82. The molecule has 0 radical (unpaired) electrons. The first-order valence-corrected chi connectivity index (χ1v) is 11.0. The molecule has 3 nitrogen and oxygen atoms in total. The Morgan fingerprint density at radius 3 is 2.84 bits per heavy atom. The van der Waals surface area contributed by atoms with Crippen molar-refractivity contribution in [2.45, 2.75) is 32.4 Å². The van der Waals surface area contributed by atoms with Crippen LogP contribution in [-0.4, -0.2) is 24.2 Å². The first kappa shape index (κ1) is 14.9. The highest BCUT2D eigenvalue weighted by molar-refractivity contribution is 14.1. The highest BCUT2D eigenvalue weighted by Gasteiger charge is 2.13. The van der Waals surface area contributed by atoms with Crippen molar-refractivity contribution >= 4 is 41.7 Å². The Labute approximate surface area is 127 Å². The van der Waals surface area contributed by atoms with Crippen LogP contribution < -0.4 is 0 Å². The van der Waals surface area contributed by atoms with Gasteiger partial charge in [-0.3, -0.25) is 4.98 Å². The Balaban J connectivity index is 2.07. The predicted octanol–water partition coefficient (Wildman–Crippen LogP) is 4.09. The molecule has 2 rings (SSSR count). The molecular formula is C13H18FIN2OSi. The summed E-state index contributed by atoms with van der Waals surface area (Å²) in [6, 6.07) is 2.64. The molecule has 6 heteroatoms. The molecule has 0 saturated heterocycles. The van der Waals surface area contributed by atoms with Gasteiger partial charge in [-0.1, -0.05) is 19.6 Å². The number of nitrogens with zero attached hydrogens (tertiary/aromatic N) is 2. The summed E-state index contributed by atoms with van der Waals surface area (Å²) in [5.41, 5.74) is 1.62. The molecule has 104 valence electrons. The molecule has 19 heavy (non-hydrogen) atoms. The molecule has 0 aromatic carbocycles. The maximum atomic E-state index is 13.3. The monoisotopic (exact) mass is 392 g/mol. The fourth-order valence-corrected chi connectivity index (χ4v) is 3.26. The minimum atomic E-state index is -1.06. The minimum absolute atomic E-state index is 0.314. The van der Waals surface area contributed by atoms with Crippen molar-refractivity contribution in [3.63, 3.8) is 0 Å². The lowest BCUT2D eigenvalue weighted by atomic mass is 10.4. The Bertz CT molecular complexity index is 580. The van der Waals surface area contributed by atoms with Gasteiger partial charge in [-0.05, 0) is 28.6 Å². The van der Waals surface area contributed by atoms with Crippen LogP contribution in [0.2, 0.25) is 25.7 Å². The van der Waals surface area contributed by atoms with Gasteiger partial charge in [0.25, 0.3) is 0 Å². The molecule has 0 spiro atoms. The van der Waals surface area contributed by atoms with E-state index < -0.39 is 8.07 Å². The third-order valence-corrected chi connectivity index (χ3v) is 5.36. The Morgan fingerprint density at radius 2 is 2.16 bits per heavy atom. The normalized spacial score (nSPS) is 12.3. The third-order valence-electron chi connectivity index (χ3n) is 2.87. The number of halogens is 2. The van der Waals surface area contributed by atoms with Crippen molar-refractivity contribution in [3.8, 4) is 0 Å². The molecule has 0 saturated carbocycles. The average Bonchev–Trinajstić information content (AvgIpc) is 2.60. The minimum Gasteiger partial charge on any atom is -0.361 e. The lowest BCUT2D eigenvalue weighted by molar-refractivity contribution is 0.0901. The molecule has 0 N–H and O–H groups in total. The second kappa shape index (κ2) is 5.88. The highest BCUT2D eigenvalue weighted by Crippen LogP contribution is 2.21. The van der Waals surface area contributed by atoms with E-state index in [4.69, 9.17) is 4.74 Å². The third kappa shape index (κ3) is 3.99. The van der Waals surface area contributed by atoms with Crippen LogP contribution >= 0.6 is 22.6 Å². The molecule has 0 aliphatic heterocycles. The van der Waals surface area contributed by atoms with Gasteiger partial charge < -0.3 is 9.30 Å². The highest BCUT2D eigenvalue weighted by atomic mass is 127. The fraction of sp³-hybridized carbons (Fsp3) is 0.462. The Morgan fingerprint density at radius 1 is 1.42 bits per heavy atom. The molecule has 0 bridgehead atoms. The van der Waals surface area contributed by atoms with Crippen LogP contribution in [-0.2, 0) is 11.5 Å². The largest absolute Gasteiger partial charge is 0.361 e. The quantitative estimate of drug-likeness (QED) is 0.435. The summed E-state index contributed by atoms with van der Waals surface area (Å²) < 4.78 is 21.9. The van der Waals surface area contributed by atoms with Gasteiger partial charge in [0.2, 0.25) is 0 Å². The fourth-order valence-electron chi connectivity index (χ4n) is 1.75. The van der Waals surface area contributed by atoms with Gasteiger partial charge in [0.1, 0.15) is 18.1 Å². The summed E-state index contributed by atoms with van der Waals surface area (Å²) >= 11 is 2.21. The summed E-state index contributed by atoms with van der Waals surface area (Å²) in [7, 11) is -1.06. The Hall–Kier alpha value is -0.473. The van der Waals surface area contributed by atoms with Gasteiger partial charge >= 0.3 is 0 Å². The van der Waals surface area contributed by atoms with Gasteiger partial charge in [-0.25, -0.2) is 4.39 Å². The van der Waals surface area contributed by atoms with E-state index in [1.54, 1.807) is 0 Å². The van der Waals surface area contributed by atoms with E-state index in [0.29, 0.717) is 6.73 Å². The first-order valence-electron chi connectivity index (χ1n) is 6.24. The molecule has 0 atom stereocenters. The molecular weight excluding hydrogens is 374 g/mol. The molecule has 0 aliphatic carbocycles. The SMILES string of the molecule is C[Si](C)(C)CCOCn1cc(I)c2ncc(F)cc21. The smallest absolute Gasteiger partial charge is 0.143 e. The van der Waals surface area contributed by atoms with E-state index in [2.05, 4.69) is 47.2 Å². The second-order valence-corrected chi connectivity index (χ2v) is 12.6. The van der Waals surface area contributed by atoms with Gasteiger partial charge in [-0.15, -0.1) is 0 Å². The van der Waals surface area contributed by atoms with Crippen molar-refractivity contribution in [2.24, 2.45) is 0 Å². The number of ether oxygens (including phenoxy) is 1. The van der Waals surface area contributed by atoms with Gasteiger partial charge in [-0.2, -0.15) is 0 Å². The van der Waals surface area contributed by atoms with E-state index in [0.717, 1.165) is 27.3 Å². The van der Waals surface area contributed by atoms with Crippen LogP contribution in [0.15, 0.2) is 18.5 Å². The number of fused-ring (bicyclic) bond motifs is 1. The molecule has 0 unspecified atom stereocenters. The molecule has 2 aromatic rings. The van der Waals surface area contributed by atoms with Crippen LogP contribution in [0, 0.1) is 9.39 Å². The zero-order valence-electron chi connectivity index (χ0n) is 11.4. The van der Waals surface area contributed by atoms with Crippen LogP contribution in [0.4, 0.5) is 4.39 Å². The topological polar surface area (TPSA) is 27.1 Å². The van der Waals surface area contributed by atoms with Crippen LogP contribution in [0.3, 0.4) is 0 Å². The number of hydrogen-bond acceptors (Lipinski definition) is 2. The number of rotatable bonds is 5. The van der Waals surface area contributed by atoms with E-state index in [1.807, 2.05) is 10.8 Å². The summed E-state index contributed by atoms with van der Waals surface area (Å²) in [6.45, 7) is 8.18. The maximum Gasteiger partial charge on any atom is 0.143 e. The lowest BCUT2D eigenvalue weighted by Crippen LogP contribution is -2.21. The van der Waals surface area contributed by atoms with Gasteiger partial charge in [0.15, 0.2) is 0 Å². The molecule has 0 aliphatic rings. The van der Waals surface area contributed by atoms with Crippen LogP contribution in [0.1, 0.15) is 0 Å². The number of aromatic nitrogens is 2. The lowest BCUT2D eigenvalue weighted by Gasteiger charge is -2.15. The molecule has 0 fully saturated rings. The van der Waals surface area contributed by atoms with Crippen molar-refractivity contribution < 1.29 is 9.13 Å². The Kier molecular flexibility index (Phi) is 4.62. The standard InChI is InChI=1S/C13H18FIN2OSi/c1-19(2,3)5-4-18-9-17-8-11(15)13-12(17)6-10(14)7-16-13/h6-8H,4-5,9H2,1-3H3. The summed E-state index contributed by atoms with van der Waals surface area (Å²) in [6.07, 6.45) is 3.20. The summed E-state index contributed by atoms with van der Waals surface area (Å²) in [4.78, 5) is 4.12. The van der Waals surface area contributed by atoms with Crippen molar-refractivity contribution in [3.05, 3.63) is 27.8 Å². The molecule has 2 aromatic heterocycles. The number of hydrogen-bond donors (Lipinski definition) is 0. The van der Waals surface area contributed by atoms with E-state index in [-0.39, 0.29) is 5.82 Å². The summed E-state index contributed by atoms with van der Waals surface area (Å²) in [5.74, 6) is -0.314. The summed E-state index contributed by atoms with van der Waals surface area (Å²) in [5, 5.41) is 0. The predicted molar refractivity (Wildman–Crippen MR) is 86.5 cm³/mol. The molecule has 2 heterocycles. The van der Waals surface area contributed by atoms with Crippen molar-refractivity contribution in [1.29, 1.82) is 0 Å². The average molecular weight is 392 g/mol. The van der Waals surface area contributed by atoms with Crippen molar-refractivity contribution in [2.75, 3.05) is 6.61 Å². The zero-order valence-corrected chi connectivity index (χ0v) is 14.6. The zero-order chi connectivity index (χ0) is 14.0. The van der Waals surface area contributed by atoms with Gasteiger partial charge in [0.05, 0.1) is 15.3 Å².